The highest BCUT2D eigenvalue weighted by Gasteiger charge is 2.32. The molecule has 15 heteroatoms. The molecule has 0 aliphatic carbocycles. The summed E-state index contributed by atoms with van der Waals surface area (Å²) in [7, 11) is 2.23. The number of aryl methyl sites for hydroxylation is 2. The van der Waals surface area contributed by atoms with Crippen molar-refractivity contribution in [1.82, 2.24) is 29.5 Å². The van der Waals surface area contributed by atoms with Gasteiger partial charge in [-0.3, -0.25) is 9.36 Å². The average molecular weight is 773 g/mol. The molecular formula is C40H44BClF2N6O5. The third-order valence-corrected chi connectivity index (χ3v) is 9.21. The third-order valence-electron chi connectivity index (χ3n) is 8.89. The number of methoxy groups -OCH3 is 2. The van der Waals surface area contributed by atoms with Crippen molar-refractivity contribution in [3.8, 4) is 23.0 Å². The number of halogens is 3. The molecule has 0 unspecified atom stereocenters. The second-order valence-electron chi connectivity index (χ2n) is 12.7. The van der Waals surface area contributed by atoms with Crippen LogP contribution in [0.5, 0.6) is 11.8 Å². The van der Waals surface area contributed by atoms with E-state index in [0.29, 0.717) is 45.6 Å². The molecule has 1 aliphatic rings. The summed E-state index contributed by atoms with van der Waals surface area (Å²) >= 11 is 6.08. The van der Waals surface area contributed by atoms with E-state index >= 15 is 0 Å². The van der Waals surface area contributed by atoms with Crippen molar-refractivity contribution < 1.29 is 33.0 Å². The minimum Gasteiger partial charge on any atom is -0.481 e. The molecule has 0 amide bonds. The molecule has 55 heavy (non-hydrogen) atoms. The lowest BCUT2D eigenvalue weighted by molar-refractivity contribution is 0.199. The molecule has 6 aromatic rings. The standard InChI is InChI=1S/C20H22FN3O2.C12H14ClN3O.C8H8BFO2/c1-4-24-12-14(11-22-24)9-15-5-8-19(26-3)23-20(15)17-7-6-16(21)10-18(17)13(2)25;1-3-16-8-9(7-14-16)6-10-4-5-11(17-2)15-12(10)13;1-5-7-4-6(10)2-3-8(7)9(11)12-5/h5-8,10-13,25H,4,9H2,1-3H3;4-5,7-8H,3,6H2,1-2H3;2-5,11H,1H3/t13-;;5-/m1.1/s1. The minimum atomic E-state index is -0.893. The van der Waals surface area contributed by atoms with Gasteiger partial charge in [0, 0.05) is 56.0 Å². The number of aliphatic hydroxyl groups is 1. The number of aliphatic hydroxyl groups excluding tert-OH is 1. The lowest BCUT2D eigenvalue weighted by Gasteiger charge is -2.15. The molecule has 0 spiro atoms. The van der Waals surface area contributed by atoms with Gasteiger partial charge in [0.15, 0.2) is 0 Å². The summed E-state index contributed by atoms with van der Waals surface area (Å²) in [4.78, 5) is 8.71. The molecule has 11 nitrogen and oxygen atoms in total. The van der Waals surface area contributed by atoms with Gasteiger partial charge in [0.2, 0.25) is 11.8 Å². The zero-order valence-corrected chi connectivity index (χ0v) is 32.3. The Balaban J connectivity index is 0.000000171. The van der Waals surface area contributed by atoms with Gasteiger partial charge < -0.3 is 24.3 Å². The maximum atomic E-state index is 13.7. The summed E-state index contributed by atoms with van der Waals surface area (Å²) in [6, 6.07) is 16.1. The van der Waals surface area contributed by atoms with Gasteiger partial charge >= 0.3 is 7.12 Å². The van der Waals surface area contributed by atoms with Crippen molar-refractivity contribution >= 4 is 24.2 Å². The van der Waals surface area contributed by atoms with Crippen LogP contribution < -0.4 is 14.9 Å². The fraction of sp³-hybridized carbons (Fsp3) is 0.300. The monoisotopic (exact) mass is 772 g/mol. The Morgan fingerprint density at radius 1 is 0.836 bits per heavy atom. The highest BCUT2D eigenvalue weighted by atomic mass is 35.5. The predicted molar refractivity (Wildman–Crippen MR) is 208 cm³/mol. The molecule has 2 N–H and O–H groups in total. The fourth-order valence-electron chi connectivity index (χ4n) is 5.99. The van der Waals surface area contributed by atoms with Crippen LogP contribution in [0.4, 0.5) is 8.78 Å². The summed E-state index contributed by atoms with van der Waals surface area (Å²) in [6.07, 6.45) is 8.02. The highest BCUT2D eigenvalue weighted by Crippen LogP contribution is 2.33. The lowest BCUT2D eigenvalue weighted by Crippen LogP contribution is -2.27. The maximum Gasteiger partial charge on any atom is 0.491 e. The average Bonchev–Trinajstić information content (AvgIpc) is 3.91. The van der Waals surface area contributed by atoms with Gasteiger partial charge in [-0.2, -0.15) is 10.2 Å². The molecule has 288 valence electrons. The van der Waals surface area contributed by atoms with Crippen molar-refractivity contribution in [1.29, 1.82) is 0 Å². The normalized spacial score (nSPS) is 13.7. The molecule has 0 saturated carbocycles. The molecule has 2 atom stereocenters. The second-order valence-corrected chi connectivity index (χ2v) is 13.1. The molecule has 0 bridgehead atoms. The Hall–Kier alpha value is -5.15. The van der Waals surface area contributed by atoms with E-state index in [-0.39, 0.29) is 11.9 Å². The van der Waals surface area contributed by atoms with Crippen LogP contribution in [0.15, 0.2) is 85.5 Å². The molecule has 0 radical (unpaired) electrons. The number of benzene rings is 2. The van der Waals surface area contributed by atoms with E-state index in [1.807, 2.05) is 59.3 Å². The van der Waals surface area contributed by atoms with E-state index in [0.717, 1.165) is 47.3 Å². The first kappa shape index (κ1) is 41.0. The summed E-state index contributed by atoms with van der Waals surface area (Å²) in [5.41, 5.74) is 7.38. The highest BCUT2D eigenvalue weighted by molar-refractivity contribution is 6.61. The molecular weight excluding hydrogens is 729 g/mol. The van der Waals surface area contributed by atoms with Gasteiger partial charge in [-0.15, -0.1) is 0 Å². The zero-order chi connectivity index (χ0) is 39.6. The first-order chi connectivity index (χ1) is 26.4. The smallest absolute Gasteiger partial charge is 0.481 e. The second kappa shape index (κ2) is 18.9. The van der Waals surface area contributed by atoms with Crippen LogP contribution in [0.2, 0.25) is 5.15 Å². The van der Waals surface area contributed by atoms with Gasteiger partial charge in [0.1, 0.15) is 16.8 Å². The van der Waals surface area contributed by atoms with Crippen LogP contribution in [0.25, 0.3) is 11.3 Å². The van der Waals surface area contributed by atoms with E-state index in [4.69, 9.17) is 25.7 Å². The fourth-order valence-corrected chi connectivity index (χ4v) is 6.20. The quantitative estimate of drug-likeness (QED) is 0.113. The SMILES string of the molecule is CCn1cc(Cc2ccc(OC)nc2-c2ccc(F)cc2[C@@H](C)O)cn1.CCn1cc(Cc2ccc(OC)nc2Cl)cn1.C[C@H]1OB(O)c2ccc(F)cc21. The van der Waals surface area contributed by atoms with Crippen LogP contribution >= 0.6 is 11.6 Å². The first-order valence-electron chi connectivity index (χ1n) is 17.8. The van der Waals surface area contributed by atoms with Crippen molar-refractivity contribution in [3.05, 3.63) is 136 Å². The van der Waals surface area contributed by atoms with Gasteiger partial charge in [0.05, 0.1) is 44.5 Å². The predicted octanol–water partition coefficient (Wildman–Crippen LogP) is 6.91. The van der Waals surface area contributed by atoms with Crippen LogP contribution in [0, 0.1) is 11.6 Å². The number of rotatable bonds is 10. The molecule has 2 aromatic carbocycles. The Morgan fingerprint density at radius 2 is 1.40 bits per heavy atom. The number of fused-ring (bicyclic) bond motifs is 1. The Kier molecular flexibility index (Phi) is 14.1. The van der Waals surface area contributed by atoms with E-state index < -0.39 is 19.0 Å². The topological polar surface area (TPSA) is 130 Å². The third kappa shape index (κ3) is 10.5. The molecule has 4 aromatic heterocycles. The van der Waals surface area contributed by atoms with Crippen molar-refractivity contribution in [3.63, 3.8) is 0 Å². The number of hydrogen-bond acceptors (Lipinski definition) is 9. The Bertz CT molecular complexity index is 2200. The molecule has 1 aliphatic heterocycles. The van der Waals surface area contributed by atoms with Crippen LogP contribution in [-0.2, 0) is 30.6 Å². The minimum absolute atomic E-state index is 0.217. The van der Waals surface area contributed by atoms with E-state index in [1.54, 1.807) is 46.3 Å². The largest absolute Gasteiger partial charge is 0.491 e. The summed E-state index contributed by atoms with van der Waals surface area (Å²) in [5.74, 6) is 0.313. The number of nitrogens with zero attached hydrogens (tertiary/aromatic N) is 6. The van der Waals surface area contributed by atoms with E-state index in [2.05, 4.69) is 27.1 Å². The maximum absolute atomic E-state index is 13.7. The van der Waals surface area contributed by atoms with Crippen LogP contribution in [0.1, 0.15) is 73.3 Å². The molecule has 0 fully saturated rings. The van der Waals surface area contributed by atoms with Crippen molar-refractivity contribution in [2.24, 2.45) is 0 Å². The first-order valence-corrected chi connectivity index (χ1v) is 18.2. The van der Waals surface area contributed by atoms with Gasteiger partial charge in [0.25, 0.3) is 0 Å². The van der Waals surface area contributed by atoms with Gasteiger partial charge in [-0.05, 0) is 96.9 Å². The van der Waals surface area contributed by atoms with Crippen molar-refractivity contribution in [2.75, 3.05) is 14.2 Å². The number of pyridine rings is 2. The van der Waals surface area contributed by atoms with Gasteiger partial charge in [-0.25, -0.2) is 18.7 Å². The summed E-state index contributed by atoms with van der Waals surface area (Å²) in [5, 5.41) is 28.4. The van der Waals surface area contributed by atoms with Gasteiger partial charge in [-0.1, -0.05) is 29.8 Å². The van der Waals surface area contributed by atoms with E-state index in [1.165, 1.54) is 24.3 Å². The van der Waals surface area contributed by atoms with Crippen molar-refractivity contribution in [2.45, 2.75) is 65.8 Å². The summed E-state index contributed by atoms with van der Waals surface area (Å²) < 4.78 is 45.5. The number of aromatic nitrogens is 6. The Morgan fingerprint density at radius 3 is 1.96 bits per heavy atom. The number of ether oxygens (including phenoxy) is 2. The van der Waals surface area contributed by atoms with Crippen LogP contribution in [-0.4, -0.2) is 61.0 Å². The summed E-state index contributed by atoms with van der Waals surface area (Å²) in [6.45, 7) is 9.16. The molecule has 7 rings (SSSR count). The molecule has 5 heterocycles. The Labute approximate surface area is 324 Å². The van der Waals surface area contributed by atoms with E-state index in [9.17, 15) is 18.9 Å². The molecule has 0 saturated heterocycles. The number of hydrogen-bond donors (Lipinski definition) is 2. The zero-order valence-electron chi connectivity index (χ0n) is 31.6. The lowest BCUT2D eigenvalue weighted by atomic mass is 9.79. The van der Waals surface area contributed by atoms with Crippen LogP contribution in [0.3, 0.4) is 0 Å².